The maximum Gasteiger partial charge on any atom is 0.320 e. The Kier molecular flexibility index (Phi) is 6.79. The third-order valence-electron chi connectivity index (χ3n) is 2.49. The van der Waals surface area contributed by atoms with E-state index in [0.29, 0.717) is 12.1 Å². The second-order valence-electron chi connectivity index (χ2n) is 4.12. The number of aliphatic carboxylic acids is 1. The number of rotatable bonds is 7. The summed E-state index contributed by atoms with van der Waals surface area (Å²) in [6.45, 7) is 1.89. The molecule has 1 rings (SSSR count). The fourth-order valence-corrected chi connectivity index (χ4v) is 2.13. The van der Waals surface area contributed by atoms with Crippen molar-refractivity contribution >= 4 is 40.2 Å². The number of halogens is 1. The lowest BCUT2D eigenvalue weighted by atomic mass is 10.2. The van der Waals surface area contributed by atoms with Gasteiger partial charge in [-0.2, -0.15) is 0 Å². The molecule has 1 amide bonds. The van der Waals surface area contributed by atoms with Crippen LogP contribution in [0.5, 0.6) is 0 Å². The number of hydrogen-bond acceptors (Lipinski definition) is 3. The average molecular weight is 376 g/mol. The Labute approximate surface area is 125 Å². The van der Waals surface area contributed by atoms with Crippen molar-refractivity contribution in [3.05, 3.63) is 27.8 Å². The number of benzene rings is 1. The van der Waals surface area contributed by atoms with Gasteiger partial charge in [0.1, 0.15) is 6.04 Å². The van der Waals surface area contributed by atoms with E-state index in [9.17, 15) is 9.59 Å². The number of hydrogen-bond donors (Lipinski definition) is 3. The Morgan fingerprint density at radius 2 is 2.16 bits per heavy atom. The van der Waals surface area contributed by atoms with E-state index in [1.807, 2.05) is 25.1 Å². The smallest absolute Gasteiger partial charge is 0.320 e. The van der Waals surface area contributed by atoms with E-state index in [1.54, 1.807) is 6.07 Å². The molecule has 19 heavy (non-hydrogen) atoms. The van der Waals surface area contributed by atoms with Crippen LogP contribution in [-0.4, -0.2) is 29.6 Å². The summed E-state index contributed by atoms with van der Waals surface area (Å²) in [4.78, 5) is 22.6. The number of amides is 1. The highest BCUT2D eigenvalue weighted by atomic mass is 127. The van der Waals surface area contributed by atoms with Crippen LogP contribution in [0.25, 0.3) is 0 Å². The minimum atomic E-state index is -0.927. The van der Waals surface area contributed by atoms with Crippen LogP contribution in [0.4, 0.5) is 5.69 Å². The molecule has 5 nitrogen and oxygen atoms in total. The van der Waals surface area contributed by atoms with Crippen molar-refractivity contribution in [2.24, 2.45) is 0 Å². The van der Waals surface area contributed by atoms with Gasteiger partial charge in [0, 0.05) is 9.26 Å². The van der Waals surface area contributed by atoms with Gasteiger partial charge in [-0.15, -0.1) is 0 Å². The van der Waals surface area contributed by atoms with Crippen molar-refractivity contribution < 1.29 is 14.7 Å². The van der Waals surface area contributed by atoms with Crippen LogP contribution in [0.3, 0.4) is 0 Å². The number of anilines is 1. The summed E-state index contributed by atoms with van der Waals surface area (Å²) in [5.41, 5.74) is 0.709. The van der Waals surface area contributed by atoms with Crippen molar-refractivity contribution in [1.82, 2.24) is 5.32 Å². The Balaban J connectivity index is 2.45. The van der Waals surface area contributed by atoms with Crippen LogP contribution in [0.2, 0.25) is 0 Å². The predicted molar refractivity (Wildman–Crippen MR) is 82.1 cm³/mol. The van der Waals surface area contributed by atoms with Gasteiger partial charge < -0.3 is 10.4 Å². The summed E-state index contributed by atoms with van der Waals surface area (Å²) >= 11 is 2.16. The molecule has 0 aromatic heterocycles. The van der Waals surface area contributed by atoms with Gasteiger partial charge in [0.2, 0.25) is 5.91 Å². The Morgan fingerprint density at radius 1 is 1.42 bits per heavy atom. The van der Waals surface area contributed by atoms with Gasteiger partial charge in [-0.3, -0.25) is 14.9 Å². The molecule has 0 heterocycles. The van der Waals surface area contributed by atoms with E-state index in [1.165, 1.54) is 0 Å². The minimum Gasteiger partial charge on any atom is -0.480 e. The topological polar surface area (TPSA) is 78.4 Å². The zero-order valence-corrected chi connectivity index (χ0v) is 12.8. The van der Waals surface area contributed by atoms with E-state index in [-0.39, 0.29) is 12.5 Å². The zero-order valence-electron chi connectivity index (χ0n) is 10.6. The molecule has 0 bridgehead atoms. The number of carbonyl (C=O) groups excluding carboxylic acids is 1. The highest BCUT2D eigenvalue weighted by molar-refractivity contribution is 14.1. The first-order valence-corrected chi connectivity index (χ1v) is 7.12. The lowest BCUT2D eigenvalue weighted by Crippen LogP contribution is -2.41. The molecule has 0 fully saturated rings. The summed E-state index contributed by atoms with van der Waals surface area (Å²) in [6.07, 6.45) is 1.26. The Hall–Kier alpha value is -1.15. The van der Waals surface area contributed by atoms with Crippen LogP contribution in [0.1, 0.15) is 19.8 Å². The molecular weight excluding hydrogens is 359 g/mol. The quantitative estimate of drug-likeness (QED) is 0.637. The molecule has 0 saturated heterocycles. The van der Waals surface area contributed by atoms with E-state index >= 15 is 0 Å². The first-order valence-electron chi connectivity index (χ1n) is 6.04. The van der Waals surface area contributed by atoms with Crippen LogP contribution >= 0.6 is 22.6 Å². The molecule has 1 aromatic carbocycles. The number of carboxylic acid groups (broad SMARTS) is 1. The lowest BCUT2D eigenvalue weighted by Gasteiger charge is -2.13. The van der Waals surface area contributed by atoms with E-state index < -0.39 is 12.0 Å². The second-order valence-corrected chi connectivity index (χ2v) is 5.36. The first kappa shape index (κ1) is 15.9. The summed E-state index contributed by atoms with van der Waals surface area (Å²) in [5, 5.41) is 14.4. The molecule has 3 N–H and O–H groups in total. The third kappa shape index (κ3) is 6.02. The van der Waals surface area contributed by atoms with Gasteiger partial charge in [-0.25, -0.2) is 0 Å². The van der Waals surface area contributed by atoms with Crippen LogP contribution in [-0.2, 0) is 9.59 Å². The van der Waals surface area contributed by atoms with Crippen LogP contribution in [0.15, 0.2) is 24.3 Å². The maximum absolute atomic E-state index is 11.7. The molecule has 1 aromatic rings. The minimum absolute atomic E-state index is 0.0115. The molecule has 0 saturated carbocycles. The fraction of sp³-hybridized carbons (Fsp3) is 0.385. The molecule has 104 valence electrons. The molecule has 0 spiro atoms. The fourth-order valence-electron chi connectivity index (χ4n) is 1.59. The van der Waals surface area contributed by atoms with Crippen LogP contribution < -0.4 is 10.6 Å². The number of carbonyl (C=O) groups is 2. The zero-order chi connectivity index (χ0) is 14.3. The summed E-state index contributed by atoms with van der Waals surface area (Å²) in [6, 6.07) is 6.74. The summed E-state index contributed by atoms with van der Waals surface area (Å²) in [5.74, 6) is -1.17. The van der Waals surface area contributed by atoms with Crippen molar-refractivity contribution in [2.75, 3.05) is 11.9 Å². The first-order chi connectivity index (χ1) is 9.02. The molecule has 0 aliphatic rings. The van der Waals surface area contributed by atoms with Crippen molar-refractivity contribution in [1.29, 1.82) is 0 Å². The predicted octanol–water partition coefficient (Wildman–Crippen LogP) is 2.07. The molecule has 1 atom stereocenters. The molecule has 0 aliphatic heterocycles. The summed E-state index contributed by atoms with van der Waals surface area (Å²) in [7, 11) is 0. The molecule has 6 heteroatoms. The van der Waals surface area contributed by atoms with E-state index in [4.69, 9.17) is 5.11 Å². The average Bonchev–Trinajstić information content (AvgIpc) is 2.34. The third-order valence-corrected chi connectivity index (χ3v) is 3.16. The van der Waals surface area contributed by atoms with Gasteiger partial charge in [0.05, 0.1) is 6.54 Å². The number of carboxylic acids is 1. The molecule has 0 aliphatic carbocycles. The van der Waals surface area contributed by atoms with E-state index in [0.717, 1.165) is 9.99 Å². The van der Waals surface area contributed by atoms with Crippen molar-refractivity contribution in [3.8, 4) is 0 Å². The van der Waals surface area contributed by atoms with Gasteiger partial charge in [0.25, 0.3) is 0 Å². The standard InChI is InChI=1S/C13H17IN2O3/c1-2-4-11(13(18)19)15-8-12(17)16-10-6-3-5-9(14)7-10/h3,5-7,11,15H,2,4,8H2,1H3,(H,16,17)(H,18,19). The van der Waals surface area contributed by atoms with Gasteiger partial charge in [-0.05, 0) is 47.2 Å². The molecular formula is C13H17IN2O3. The van der Waals surface area contributed by atoms with Gasteiger partial charge in [0.15, 0.2) is 0 Å². The van der Waals surface area contributed by atoms with Gasteiger partial charge in [-0.1, -0.05) is 19.4 Å². The monoisotopic (exact) mass is 376 g/mol. The highest BCUT2D eigenvalue weighted by Crippen LogP contribution is 2.11. The van der Waals surface area contributed by atoms with Crippen molar-refractivity contribution in [3.63, 3.8) is 0 Å². The van der Waals surface area contributed by atoms with E-state index in [2.05, 4.69) is 33.2 Å². The maximum atomic E-state index is 11.7. The largest absolute Gasteiger partial charge is 0.480 e. The highest BCUT2D eigenvalue weighted by Gasteiger charge is 2.16. The Bertz CT molecular complexity index is 451. The SMILES string of the molecule is CCCC(NCC(=O)Nc1cccc(I)c1)C(=O)O. The normalized spacial score (nSPS) is 11.9. The lowest BCUT2D eigenvalue weighted by molar-refractivity contribution is -0.139. The Morgan fingerprint density at radius 3 is 2.74 bits per heavy atom. The second kappa shape index (κ2) is 8.11. The number of nitrogens with one attached hydrogen (secondary N) is 2. The summed E-state index contributed by atoms with van der Waals surface area (Å²) < 4.78 is 1.03. The van der Waals surface area contributed by atoms with Gasteiger partial charge >= 0.3 is 5.97 Å². The molecule has 1 unspecified atom stereocenters. The van der Waals surface area contributed by atoms with Crippen molar-refractivity contribution in [2.45, 2.75) is 25.8 Å². The molecule has 0 radical (unpaired) electrons. The van der Waals surface area contributed by atoms with Crippen LogP contribution in [0, 0.1) is 3.57 Å².